The SMILES string of the molecule is CC(C)(O)CNCC1CC1(C)C. The number of aliphatic hydroxyl groups is 1. The smallest absolute Gasteiger partial charge is 0.0715 e. The Morgan fingerprint density at radius 3 is 2.33 bits per heavy atom. The van der Waals surface area contributed by atoms with Crippen molar-refractivity contribution in [2.75, 3.05) is 13.1 Å². The predicted molar refractivity (Wildman–Crippen MR) is 51.1 cm³/mol. The molecule has 1 aliphatic carbocycles. The quantitative estimate of drug-likeness (QED) is 0.670. The number of hydrogen-bond acceptors (Lipinski definition) is 2. The predicted octanol–water partition coefficient (Wildman–Crippen LogP) is 1.39. The van der Waals surface area contributed by atoms with E-state index in [0.29, 0.717) is 12.0 Å². The van der Waals surface area contributed by atoms with Crippen LogP contribution in [0.15, 0.2) is 0 Å². The van der Waals surface area contributed by atoms with E-state index in [1.54, 1.807) is 0 Å². The Morgan fingerprint density at radius 2 is 2.00 bits per heavy atom. The molecule has 12 heavy (non-hydrogen) atoms. The molecule has 0 spiro atoms. The summed E-state index contributed by atoms with van der Waals surface area (Å²) < 4.78 is 0. The van der Waals surface area contributed by atoms with Crippen LogP contribution in [0.4, 0.5) is 0 Å². The van der Waals surface area contributed by atoms with Gasteiger partial charge in [-0.1, -0.05) is 13.8 Å². The molecule has 1 atom stereocenters. The maximum Gasteiger partial charge on any atom is 0.0715 e. The molecule has 1 aliphatic rings. The van der Waals surface area contributed by atoms with Gasteiger partial charge in [-0.2, -0.15) is 0 Å². The molecule has 0 bridgehead atoms. The molecule has 0 aromatic carbocycles. The third-order valence-corrected chi connectivity index (χ3v) is 2.67. The Balaban J connectivity index is 2.05. The van der Waals surface area contributed by atoms with Crippen LogP contribution in [-0.2, 0) is 0 Å². The lowest BCUT2D eigenvalue weighted by atomic mass is 10.1. The van der Waals surface area contributed by atoms with Gasteiger partial charge in [0.05, 0.1) is 5.60 Å². The minimum absolute atomic E-state index is 0.548. The highest BCUT2D eigenvalue weighted by molar-refractivity contribution is 4.96. The van der Waals surface area contributed by atoms with Crippen LogP contribution in [0.2, 0.25) is 0 Å². The van der Waals surface area contributed by atoms with Crippen molar-refractivity contribution in [2.45, 2.75) is 39.7 Å². The first-order valence-electron chi connectivity index (χ1n) is 4.74. The zero-order chi connectivity index (χ0) is 9.41. The second-order valence-corrected chi connectivity index (χ2v) is 5.33. The summed E-state index contributed by atoms with van der Waals surface area (Å²) in [6.45, 7) is 10.00. The van der Waals surface area contributed by atoms with E-state index < -0.39 is 5.60 Å². The third-order valence-electron chi connectivity index (χ3n) is 2.67. The summed E-state index contributed by atoms with van der Waals surface area (Å²) in [5.74, 6) is 0.819. The van der Waals surface area contributed by atoms with Gasteiger partial charge in [0.2, 0.25) is 0 Å². The highest BCUT2D eigenvalue weighted by Gasteiger charge is 2.44. The van der Waals surface area contributed by atoms with E-state index in [9.17, 15) is 5.11 Å². The molecular weight excluding hydrogens is 150 g/mol. The number of rotatable bonds is 4. The highest BCUT2D eigenvalue weighted by Crippen LogP contribution is 2.50. The summed E-state index contributed by atoms with van der Waals surface area (Å²) in [5, 5.41) is 12.7. The summed E-state index contributed by atoms with van der Waals surface area (Å²) in [6.07, 6.45) is 1.33. The molecule has 2 nitrogen and oxygen atoms in total. The van der Waals surface area contributed by atoms with Gasteiger partial charge in [0, 0.05) is 6.54 Å². The average molecular weight is 171 g/mol. The van der Waals surface area contributed by atoms with E-state index in [1.165, 1.54) is 6.42 Å². The highest BCUT2D eigenvalue weighted by atomic mass is 16.3. The van der Waals surface area contributed by atoms with Gasteiger partial charge in [-0.25, -0.2) is 0 Å². The van der Waals surface area contributed by atoms with E-state index >= 15 is 0 Å². The first-order chi connectivity index (χ1) is 5.31. The molecule has 0 aromatic rings. The summed E-state index contributed by atoms with van der Waals surface area (Å²) >= 11 is 0. The minimum Gasteiger partial charge on any atom is -0.389 e. The second-order valence-electron chi connectivity index (χ2n) is 5.33. The maximum absolute atomic E-state index is 9.42. The van der Waals surface area contributed by atoms with Crippen LogP contribution < -0.4 is 5.32 Å². The Morgan fingerprint density at radius 1 is 1.50 bits per heavy atom. The van der Waals surface area contributed by atoms with E-state index in [4.69, 9.17) is 0 Å². The van der Waals surface area contributed by atoms with E-state index in [2.05, 4.69) is 19.2 Å². The van der Waals surface area contributed by atoms with Crippen LogP contribution in [0.5, 0.6) is 0 Å². The van der Waals surface area contributed by atoms with Crippen LogP contribution in [0.3, 0.4) is 0 Å². The Kier molecular flexibility index (Phi) is 2.50. The largest absolute Gasteiger partial charge is 0.389 e. The molecule has 2 heteroatoms. The van der Waals surface area contributed by atoms with Crippen LogP contribution in [0, 0.1) is 11.3 Å². The molecule has 0 aliphatic heterocycles. The lowest BCUT2D eigenvalue weighted by molar-refractivity contribution is 0.0794. The van der Waals surface area contributed by atoms with Crippen LogP contribution in [0.25, 0.3) is 0 Å². The Bertz CT molecular complexity index is 158. The number of nitrogens with one attached hydrogen (secondary N) is 1. The summed E-state index contributed by atoms with van der Waals surface area (Å²) in [5.41, 5.74) is -0.0222. The van der Waals surface area contributed by atoms with Crippen LogP contribution >= 0.6 is 0 Å². The topological polar surface area (TPSA) is 32.3 Å². The van der Waals surface area contributed by atoms with Gasteiger partial charge in [-0.05, 0) is 38.1 Å². The van der Waals surface area contributed by atoms with Crippen molar-refractivity contribution in [1.29, 1.82) is 0 Å². The average Bonchev–Trinajstić information content (AvgIpc) is 2.36. The normalized spacial score (nSPS) is 27.2. The van der Waals surface area contributed by atoms with Gasteiger partial charge in [-0.15, -0.1) is 0 Å². The molecule has 2 N–H and O–H groups in total. The lowest BCUT2D eigenvalue weighted by Gasteiger charge is -2.17. The zero-order valence-corrected chi connectivity index (χ0v) is 8.65. The van der Waals surface area contributed by atoms with Crippen molar-refractivity contribution < 1.29 is 5.11 Å². The molecule has 1 saturated carbocycles. The molecule has 0 heterocycles. The van der Waals surface area contributed by atoms with Gasteiger partial charge < -0.3 is 10.4 Å². The van der Waals surface area contributed by atoms with Crippen molar-refractivity contribution in [3.05, 3.63) is 0 Å². The van der Waals surface area contributed by atoms with Gasteiger partial charge in [0.15, 0.2) is 0 Å². The van der Waals surface area contributed by atoms with Crippen LogP contribution in [-0.4, -0.2) is 23.8 Å². The summed E-state index contributed by atoms with van der Waals surface area (Å²) in [7, 11) is 0. The molecule has 1 unspecified atom stereocenters. The Labute approximate surface area is 75.4 Å². The monoisotopic (exact) mass is 171 g/mol. The standard InChI is InChI=1S/C10H21NO/c1-9(2)5-8(9)6-11-7-10(3,4)12/h8,11-12H,5-7H2,1-4H3. The van der Waals surface area contributed by atoms with Gasteiger partial charge in [-0.3, -0.25) is 0 Å². The van der Waals surface area contributed by atoms with Crippen molar-refractivity contribution in [3.8, 4) is 0 Å². The number of hydrogen-bond donors (Lipinski definition) is 2. The molecular formula is C10H21NO. The summed E-state index contributed by atoms with van der Waals surface area (Å²) in [4.78, 5) is 0. The van der Waals surface area contributed by atoms with E-state index in [1.807, 2.05) is 13.8 Å². The second kappa shape index (κ2) is 3.00. The molecule has 72 valence electrons. The first kappa shape index (κ1) is 10.0. The van der Waals surface area contributed by atoms with E-state index in [-0.39, 0.29) is 0 Å². The molecule has 0 saturated heterocycles. The minimum atomic E-state index is -0.570. The molecule has 0 aromatic heterocycles. The fourth-order valence-electron chi connectivity index (χ4n) is 1.48. The fraction of sp³-hybridized carbons (Fsp3) is 1.00. The van der Waals surface area contributed by atoms with Crippen molar-refractivity contribution >= 4 is 0 Å². The molecule has 0 radical (unpaired) electrons. The van der Waals surface area contributed by atoms with Crippen molar-refractivity contribution in [1.82, 2.24) is 5.32 Å². The van der Waals surface area contributed by atoms with Gasteiger partial charge in [0.1, 0.15) is 0 Å². The maximum atomic E-state index is 9.42. The van der Waals surface area contributed by atoms with E-state index in [0.717, 1.165) is 12.5 Å². The van der Waals surface area contributed by atoms with Crippen LogP contribution in [0.1, 0.15) is 34.1 Å². The van der Waals surface area contributed by atoms with Crippen molar-refractivity contribution in [3.63, 3.8) is 0 Å². The van der Waals surface area contributed by atoms with Gasteiger partial charge >= 0.3 is 0 Å². The first-order valence-corrected chi connectivity index (χ1v) is 4.74. The zero-order valence-electron chi connectivity index (χ0n) is 8.65. The third kappa shape index (κ3) is 3.11. The van der Waals surface area contributed by atoms with Gasteiger partial charge in [0.25, 0.3) is 0 Å². The molecule has 0 amide bonds. The fourth-order valence-corrected chi connectivity index (χ4v) is 1.48. The lowest BCUT2D eigenvalue weighted by Crippen LogP contribution is -2.36. The summed E-state index contributed by atoms with van der Waals surface area (Å²) in [6, 6.07) is 0. The Hall–Kier alpha value is -0.0800. The molecule has 1 fully saturated rings. The molecule has 1 rings (SSSR count). The van der Waals surface area contributed by atoms with Crippen molar-refractivity contribution in [2.24, 2.45) is 11.3 Å².